The molecule has 0 spiro atoms. The van der Waals surface area contributed by atoms with Gasteiger partial charge in [-0.3, -0.25) is 0 Å². The van der Waals surface area contributed by atoms with Crippen LogP contribution in [-0.4, -0.2) is 27.1 Å². The first-order valence-electron chi connectivity index (χ1n) is 5.53. The topological polar surface area (TPSA) is 42.7 Å². The predicted octanol–water partition coefficient (Wildman–Crippen LogP) is 2.33. The molecule has 1 aromatic heterocycles. The zero-order valence-corrected chi connectivity index (χ0v) is 10.9. The van der Waals surface area contributed by atoms with Crippen LogP contribution in [0.1, 0.15) is 5.56 Å². The van der Waals surface area contributed by atoms with Gasteiger partial charge >= 0.3 is 0 Å². The third-order valence-corrected chi connectivity index (χ3v) is 3.50. The lowest BCUT2D eigenvalue weighted by molar-refractivity contribution is 0.788. The number of benzene rings is 1. The van der Waals surface area contributed by atoms with Gasteiger partial charge in [0.1, 0.15) is 6.33 Å². The van der Waals surface area contributed by atoms with E-state index in [9.17, 15) is 0 Å². The predicted molar refractivity (Wildman–Crippen MR) is 71.4 cm³/mol. The zero-order chi connectivity index (χ0) is 12.1. The fraction of sp³-hybridized carbons (Fsp3) is 0.333. The van der Waals surface area contributed by atoms with Crippen LogP contribution in [0.5, 0.6) is 0 Å². The van der Waals surface area contributed by atoms with Gasteiger partial charge in [-0.15, -0.1) is 10.2 Å². The number of hydrogen-bond donors (Lipinski definition) is 1. The summed E-state index contributed by atoms with van der Waals surface area (Å²) in [7, 11) is 1.96. The number of aromatic nitrogens is 3. The Balaban J connectivity index is 1.77. The average Bonchev–Trinajstić information content (AvgIpc) is 2.73. The molecule has 1 N–H and O–H groups in total. The van der Waals surface area contributed by atoms with Gasteiger partial charge in [-0.05, 0) is 18.6 Å². The number of nitrogens with zero attached hydrogens (tertiary/aromatic N) is 3. The highest BCUT2D eigenvalue weighted by Crippen LogP contribution is 2.15. The summed E-state index contributed by atoms with van der Waals surface area (Å²) >= 11 is 1.71. The lowest BCUT2D eigenvalue weighted by Crippen LogP contribution is -2.05. The van der Waals surface area contributed by atoms with E-state index in [1.807, 2.05) is 17.7 Å². The summed E-state index contributed by atoms with van der Waals surface area (Å²) < 4.78 is 1.93. The number of anilines is 1. The molecule has 2 rings (SSSR count). The molecule has 0 amide bonds. The molecule has 1 heterocycles. The van der Waals surface area contributed by atoms with Crippen LogP contribution >= 0.6 is 11.8 Å². The standard InChI is InChI=1S/C12H16N4S/c1-10-5-3-4-6-11(10)13-7-8-17-12-15-14-9-16(12)2/h3-6,9,13H,7-8H2,1-2H3. The van der Waals surface area contributed by atoms with Gasteiger partial charge in [-0.25, -0.2) is 0 Å². The molecule has 0 saturated carbocycles. The minimum Gasteiger partial charge on any atom is -0.384 e. The van der Waals surface area contributed by atoms with Crippen molar-refractivity contribution in [2.24, 2.45) is 7.05 Å². The number of hydrogen-bond acceptors (Lipinski definition) is 4. The van der Waals surface area contributed by atoms with Crippen LogP contribution in [0.4, 0.5) is 5.69 Å². The second-order valence-electron chi connectivity index (χ2n) is 3.81. The van der Waals surface area contributed by atoms with Crippen LogP contribution in [-0.2, 0) is 7.05 Å². The Morgan fingerprint density at radius 2 is 2.18 bits per heavy atom. The van der Waals surface area contributed by atoms with Crippen LogP contribution in [0.25, 0.3) is 0 Å². The molecule has 1 aromatic carbocycles. The molecule has 0 saturated heterocycles. The maximum absolute atomic E-state index is 4.03. The smallest absolute Gasteiger partial charge is 0.190 e. The maximum atomic E-state index is 4.03. The average molecular weight is 248 g/mol. The van der Waals surface area contributed by atoms with Crippen molar-refractivity contribution in [3.05, 3.63) is 36.2 Å². The van der Waals surface area contributed by atoms with Gasteiger partial charge < -0.3 is 9.88 Å². The zero-order valence-electron chi connectivity index (χ0n) is 10.1. The fourth-order valence-corrected chi connectivity index (χ4v) is 2.24. The third-order valence-electron chi connectivity index (χ3n) is 2.46. The van der Waals surface area contributed by atoms with E-state index in [0.717, 1.165) is 17.5 Å². The lowest BCUT2D eigenvalue weighted by Gasteiger charge is -2.08. The van der Waals surface area contributed by atoms with Crippen molar-refractivity contribution in [3.8, 4) is 0 Å². The van der Waals surface area contributed by atoms with Gasteiger partial charge in [-0.2, -0.15) is 0 Å². The highest BCUT2D eigenvalue weighted by atomic mass is 32.2. The van der Waals surface area contributed by atoms with Crippen molar-refractivity contribution >= 4 is 17.4 Å². The van der Waals surface area contributed by atoms with E-state index in [1.54, 1.807) is 18.1 Å². The van der Waals surface area contributed by atoms with Gasteiger partial charge in [0, 0.05) is 25.0 Å². The van der Waals surface area contributed by atoms with E-state index in [4.69, 9.17) is 0 Å². The number of aryl methyl sites for hydroxylation is 2. The van der Waals surface area contributed by atoms with Gasteiger partial charge in [0.25, 0.3) is 0 Å². The highest BCUT2D eigenvalue weighted by molar-refractivity contribution is 7.99. The first kappa shape index (κ1) is 12.0. The SMILES string of the molecule is Cc1ccccc1NCCSc1nncn1C. The lowest BCUT2D eigenvalue weighted by atomic mass is 10.2. The minimum absolute atomic E-state index is 0.919. The summed E-state index contributed by atoms with van der Waals surface area (Å²) in [5, 5.41) is 12.2. The first-order chi connectivity index (χ1) is 8.27. The second kappa shape index (κ2) is 5.72. The van der Waals surface area contributed by atoms with Gasteiger partial charge in [0.15, 0.2) is 5.16 Å². The van der Waals surface area contributed by atoms with Crippen molar-refractivity contribution < 1.29 is 0 Å². The Labute approximate surface area is 105 Å². The van der Waals surface area contributed by atoms with E-state index < -0.39 is 0 Å². The van der Waals surface area contributed by atoms with Crippen LogP contribution in [0.15, 0.2) is 35.7 Å². The van der Waals surface area contributed by atoms with E-state index in [1.165, 1.54) is 11.3 Å². The monoisotopic (exact) mass is 248 g/mol. The van der Waals surface area contributed by atoms with Gasteiger partial charge in [-0.1, -0.05) is 30.0 Å². The summed E-state index contributed by atoms with van der Waals surface area (Å²) in [5.41, 5.74) is 2.47. The quantitative estimate of drug-likeness (QED) is 0.651. The second-order valence-corrected chi connectivity index (χ2v) is 4.88. The summed E-state index contributed by atoms with van der Waals surface area (Å²) in [6.45, 7) is 3.03. The molecular weight excluding hydrogens is 232 g/mol. The van der Waals surface area contributed by atoms with Crippen LogP contribution in [0.2, 0.25) is 0 Å². The minimum atomic E-state index is 0.919. The van der Waals surface area contributed by atoms with Crippen molar-refractivity contribution in [3.63, 3.8) is 0 Å². The summed E-state index contributed by atoms with van der Waals surface area (Å²) in [5.74, 6) is 0.973. The van der Waals surface area contributed by atoms with Crippen molar-refractivity contribution in [2.45, 2.75) is 12.1 Å². The Kier molecular flexibility index (Phi) is 4.03. The normalized spacial score (nSPS) is 10.5. The number of para-hydroxylation sites is 1. The molecular formula is C12H16N4S. The Morgan fingerprint density at radius 3 is 2.88 bits per heavy atom. The van der Waals surface area contributed by atoms with E-state index in [0.29, 0.717) is 0 Å². The number of nitrogens with one attached hydrogen (secondary N) is 1. The molecule has 2 aromatic rings. The third kappa shape index (κ3) is 3.23. The summed E-state index contributed by atoms with van der Waals surface area (Å²) in [6, 6.07) is 8.31. The molecule has 0 radical (unpaired) electrons. The highest BCUT2D eigenvalue weighted by Gasteiger charge is 2.01. The Hall–Kier alpha value is -1.49. The van der Waals surface area contributed by atoms with Gasteiger partial charge in [0.2, 0.25) is 0 Å². The van der Waals surface area contributed by atoms with Gasteiger partial charge in [0.05, 0.1) is 0 Å². The molecule has 4 nitrogen and oxygen atoms in total. The summed E-state index contributed by atoms with van der Waals surface area (Å²) in [4.78, 5) is 0. The molecule has 0 fully saturated rings. The number of thioether (sulfide) groups is 1. The molecule has 0 aliphatic carbocycles. The fourth-order valence-electron chi connectivity index (χ4n) is 1.50. The summed E-state index contributed by atoms with van der Waals surface area (Å²) in [6.07, 6.45) is 1.72. The Bertz CT molecular complexity index is 481. The van der Waals surface area contributed by atoms with Crippen LogP contribution in [0, 0.1) is 6.92 Å². The van der Waals surface area contributed by atoms with E-state index in [2.05, 4.69) is 40.6 Å². The van der Waals surface area contributed by atoms with Crippen molar-refractivity contribution in [1.29, 1.82) is 0 Å². The van der Waals surface area contributed by atoms with Crippen LogP contribution < -0.4 is 5.32 Å². The molecule has 0 atom stereocenters. The molecule has 5 heteroatoms. The van der Waals surface area contributed by atoms with Crippen molar-refractivity contribution in [1.82, 2.24) is 14.8 Å². The first-order valence-corrected chi connectivity index (χ1v) is 6.52. The molecule has 0 aliphatic heterocycles. The molecule has 0 unspecified atom stereocenters. The maximum Gasteiger partial charge on any atom is 0.190 e. The molecule has 0 bridgehead atoms. The molecule has 90 valence electrons. The largest absolute Gasteiger partial charge is 0.384 e. The van der Waals surface area contributed by atoms with Crippen molar-refractivity contribution in [2.75, 3.05) is 17.6 Å². The van der Waals surface area contributed by atoms with E-state index in [-0.39, 0.29) is 0 Å². The van der Waals surface area contributed by atoms with Crippen LogP contribution in [0.3, 0.4) is 0 Å². The molecule has 17 heavy (non-hydrogen) atoms. The number of rotatable bonds is 5. The molecule has 0 aliphatic rings. The Morgan fingerprint density at radius 1 is 1.35 bits per heavy atom. The van der Waals surface area contributed by atoms with E-state index >= 15 is 0 Å².